The number of nitrogen functional groups attached to an aromatic ring is 1. The summed E-state index contributed by atoms with van der Waals surface area (Å²) in [7, 11) is 1.37. The van der Waals surface area contributed by atoms with Gasteiger partial charge >= 0.3 is 5.97 Å². The van der Waals surface area contributed by atoms with Gasteiger partial charge in [0.2, 0.25) is 5.95 Å². The molecule has 6 heteroatoms. The maximum Gasteiger partial charge on any atom is 0.307 e. The van der Waals surface area contributed by atoms with Crippen LogP contribution < -0.4 is 11.1 Å². The quantitative estimate of drug-likeness (QED) is 0.563. The van der Waals surface area contributed by atoms with Gasteiger partial charge in [0, 0.05) is 11.7 Å². The van der Waals surface area contributed by atoms with Crippen molar-refractivity contribution in [2.75, 3.05) is 18.2 Å². The van der Waals surface area contributed by atoms with Crippen LogP contribution in [0.25, 0.3) is 11.0 Å². The van der Waals surface area contributed by atoms with Crippen molar-refractivity contribution in [1.82, 2.24) is 9.97 Å². The fraction of sp³-hybridized carbons (Fsp3) is 0.333. The minimum Gasteiger partial charge on any atom is -0.469 e. The zero-order valence-corrected chi connectivity index (χ0v) is 10.4. The molecule has 4 N–H and O–H groups in total. The van der Waals surface area contributed by atoms with Crippen LogP contribution in [0, 0.1) is 0 Å². The van der Waals surface area contributed by atoms with Crippen molar-refractivity contribution < 1.29 is 9.53 Å². The van der Waals surface area contributed by atoms with E-state index < -0.39 is 0 Å². The summed E-state index contributed by atoms with van der Waals surface area (Å²) in [6.45, 7) is 1.89. The van der Waals surface area contributed by atoms with E-state index >= 15 is 0 Å². The molecule has 18 heavy (non-hydrogen) atoms. The van der Waals surface area contributed by atoms with Crippen molar-refractivity contribution in [2.24, 2.45) is 0 Å². The minimum absolute atomic E-state index is 0.0599. The summed E-state index contributed by atoms with van der Waals surface area (Å²) < 4.78 is 4.61. The summed E-state index contributed by atoms with van der Waals surface area (Å²) >= 11 is 0. The molecular weight excluding hydrogens is 232 g/mol. The van der Waals surface area contributed by atoms with Crippen LogP contribution in [-0.2, 0) is 9.53 Å². The lowest BCUT2D eigenvalue weighted by Crippen LogP contribution is -2.20. The topological polar surface area (TPSA) is 93.0 Å². The van der Waals surface area contributed by atoms with Gasteiger partial charge in [0.05, 0.1) is 24.6 Å². The Morgan fingerprint density at radius 1 is 1.61 bits per heavy atom. The Hall–Kier alpha value is -2.24. The van der Waals surface area contributed by atoms with E-state index in [4.69, 9.17) is 5.73 Å². The Balaban J connectivity index is 2.09. The molecule has 96 valence electrons. The molecule has 0 amide bonds. The largest absolute Gasteiger partial charge is 0.469 e. The molecule has 6 nitrogen and oxygen atoms in total. The molecular formula is C12H16N4O2. The molecule has 2 rings (SSSR count). The number of anilines is 2. The molecule has 1 unspecified atom stereocenters. The normalized spacial score (nSPS) is 12.3. The van der Waals surface area contributed by atoms with E-state index in [1.165, 1.54) is 7.11 Å². The van der Waals surface area contributed by atoms with Crippen LogP contribution in [0.1, 0.15) is 13.3 Å². The summed E-state index contributed by atoms with van der Waals surface area (Å²) in [4.78, 5) is 18.6. The zero-order chi connectivity index (χ0) is 13.1. The number of methoxy groups -OCH3 is 1. The van der Waals surface area contributed by atoms with Gasteiger partial charge in [-0.05, 0) is 25.1 Å². The van der Waals surface area contributed by atoms with Crippen LogP contribution in [-0.4, -0.2) is 29.1 Å². The molecule has 0 aliphatic heterocycles. The van der Waals surface area contributed by atoms with Crippen LogP contribution in [0.4, 0.5) is 11.6 Å². The maximum absolute atomic E-state index is 11.1. The lowest BCUT2D eigenvalue weighted by molar-refractivity contribution is -0.140. The number of nitrogens with two attached hydrogens (primary N) is 1. The number of imidazole rings is 1. The third kappa shape index (κ3) is 2.71. The van der Waals surface area contributed by atoms with Crippen LogP contribution >= 0.6 is 0 Å². The molecule has 1 aromatic carbocycles. The van der Waals surface area contributed by atoms with E-state index in [0.29, 0.717) is 11.6 Å². The average molecular weight is 248 g/mol. The van der Waals surface area contributed by atoms with Gasteiger partial charge in [-0.25, -0.2) is 4.98 Å². The van der Waals surface area contributed by atoms with Gasteiger partial charge in [-0.3, -0.25) is 4.79 Å². The molecule has 2 aromatic rings. The SMILES string of the molecule is COC(=O)CC(C)Nc1nc2ccc(N)cc2[nH]1. The Kier molecular flexibility index (Phi) is 3.36. The monoisotopic (exact) mass is 248 g/mol. The highest BCUT2D eigenvalue weighted by molar-refractivity contribution is 5.80. The van der Waals surface area contributed by atoms with Crippen LogP contribution in [0.5, 0.6) is 0 Å². The first-order chi connectivity index (χ1) is 8.58. The van der Waals surface area contributed by atoms with E-state index in [1.807, 2.05) is 19.1 Å². The fourth-order valence-corrected chi connectivity index (χ4v) is 1.71. The number of rotatable bonds is 4. The van der Waals surface area contributed by atoms with Crippen LogP contribution in [0.15, 0.2) is 18.2 Å². The predicted molar refractivity (Wildman–Crippen MR) is 70.2 cm³/mol. The Bertz CT molecular complexity index is 564. The molecule has 0 radical (unpaired) electrons. The van der Waals surface area contributed by atoms with Gasteiger partial charge in [0.15, 0.2) is 0 Å². The van der Waals surface area contributed by atoms with Gasteiger partial charge in [-0.2, -0.15) is 0 Å². The van der Waals surface area contributed by atoms with Crippen LogP contribution in [0.3, 0.4) is 0 Å². The summed E-state index contributed by atoms with van der Waals surface area (Å²) in [6.07, 6.45) is 0.287. The number of esters is 1. The van der Waals surface area contributed by atoms with Crippen molar-refractivity contribution in [1.29, 1.82) is 0 Å². The van der Waals surface area contributed by atoms with E-state index in [1.54, 1.807) is 6.07 Å². The molecule has 0 aliphatic rings. The molecule has 1 aromatic heterocycles. The summed E-state index contributed by atoms with van der Waals surface area (Å²) in [6, 6.07) is 5.40. The van der Waals surface area contributed by atoms with E-state index in [2.05, 4.69) is 20.0 Å². The lowest BCUT2D eigenvalue weighted by atomic mass is 10.2. The number of benzene rings is 1. The summed E-state index contributed by atoms with van der Waals surface area (Å²) in [5.41, 5.74) is 8.06. The first-order valence-corrected chi connectivity index (χ1v) is 5.67. The zero-order valence-electron chi connectivity index (χ0n) is 10.4. The van der Waals surface area contributed by atoms with Crippen molar-refractivity contribution in [2.45, 2.75) is 19.4 Å². The van der Waals surface area contributed by atoms with Crippen molar-refractivity contribution in [3.05, 3.63) is 18.2 Å². The van der Waals surface area contributed by atoms with Gasteiger partial charge in [0.1, 0.15) is 0 Å². The lowest BCUT2D eigenvalue weighted by Gasteiger charge is -2.10. The minimum atomic E-state index is -0.254. The van der Waals surface area contributed by atoms with Crippen molar-refractivity contribution in [3.8, 4) is 0 Å². The molecule has 1 heterocycles. The van der Waals surface area contributed by atoms with E-state index in [-0.39, 0.29) is 18.4 Å². The number of hydrogen-bond acceptors (Lipinski definition) is 5. The number of aromatic amines is 1. The Labute approximate surface area is 105 Å². The molecule has 0 saturated heterocycles. The number of nitrogens with one attached hydrogen (secondary N) is 2. The number of aromatic nitrogens is 2. The fourth-order valence-electron chi connectivity index (χ4n) is 1.71. The number of fused-ring (bicyclic) bond motifs is 1. The third-order valence-electron chi connectivity index (χ3n) is 2.59. The second-order valence-corrected chi connectivity index (χ2v) is 4.19. The molecule has 0 bridgehead atoms. The highest BCUT2D eigenvalue weighted by atomic mass is 16.5. The second kappa shape index (κ2) is 4.95. The average Bonchev–Trinajstić information content (AvgIpc) is 2.69. The molecule has 1 atom stereocenters. The highest BCUT2D eigenvalue weighted by Crippen LogP contribution is 2.17. The summed E-state index contributed by atoms with van der Waals surface area (Å²) in [5.74, 6) is 0.363. The van der Waals surface area contributed by atoms with Crippen LogP contribution in [0.2, 0.25) is 0 Å². The Morgan fingerprint density at radius 2 is 2.39 bits per heavy atom. The first kappa shape index (κ1) is 12.2. The molecule has 0 spiro atoms. The maximum atomic E-state index is 11.1. The number of hydrogen-bond donors (Lipinski definition) is 3. The van der Waals surface area contributed by atoms with E-state index in [9.17, 15) is 4.79 Å². The van der Waals surface area contributed by atoms with Gasteiger partial charge in [-0.15, -0.1) is 0 Å². The smallest absolute Gasteiger partial charge is 0.307 e. The number of carbonyl (C=O) groups is 1. The highest BCUT2D eigenvalue weighted by Gasteiger charge is 2.11. The van der Waals surface area contributed by atoms with Gasteiger partial charge in [-0.1, -0.05) is 0 Å². The van der Waals surface area contributed by atoms with Crippen molar-refractivity contribution in [3.63, 3.8) is 0 Å². The number of H-pyrrole nitrogens is 1. The predicted octanol–water partition coefficient (Wildman–Crippen LogP) is 1.51. The standard InChI is InChI=1S/C12H16N4O2/c1-7(5-11(17)18-2)14-12-15-9-4-3-8(13)6-10(9)16-12/h3-4,6-7H,5,13H2,1-2H3,(H2,14,15,16). The van der Waals surface area contributed by atoms with Gasteiger partial charge in [0.25, 0.3) is 0 Å². The molecule has 0 aliphatic carbocycles. The first-order valence-electron chi connectivity index (χ1n) is 5.67. The Morgan fingerprint density at radius 3 is 3.11 bits per heavy atom. The third-order valence-corrected chi connectivity index (χ3v) is 2.59. The number of carbonyl (C=O) groups excluding carboxylic acids is 1. The summed E-state index contributed by atoms with van der Waals surface area (Å²) in [5, 5.41) is 3.11. The number of nitrogens with zero attached hydrogens (tertiary/aromatic N) is 1. The number of ether oxygens (including phenoxy) is 1. The molecule has 0 saturated carbocycles. The van der Waals surface area contributed by atoms with Gasteiger partial charge < -0.3 is 20.8 Å². The van der Waals surface area contributed by atoms with Crippen molar-refractivity contribution >= 4 is 28.6 Å². The molecule has 0 fully saturated rings. The second-order valence-electron chi connectivity index (χ2n) is 4.19. The van der Waals surface area contributed by atoms with E-state index in [0.717, 1.165) is 11.0 Å².